The van der Waals surface area contributed by atoms with Crippen LogP contribution >= 0.6 is 0 Å². The number of hydrogen-bond acceptors (Lipinski definition) is 2. The fourth-order valence-electron chi connectivity index (χ4n) is 1.65. The molecule has 1 aliphatic rings. The first-order chi connectivity index (χ1) is 5.74. The molecule has 1 aliphatic heterocycles. The van der Waals surface area contributed by atoms with Crippen LogP contribution in [0.2, 0.25) is 0 Å². The van der Waals surface area contributed by atoms with Gasteiger partial charge in [0, 0.05) is 25.7 Å². The van der Waals surface area contributed by atoms with Crippen LogP contribution in [0.3, 0.4) is 0 Å². The van der Waals surface area contributed by atoms with Crippen LogP contribution in [0, 0.1) is 0 Å². The van der Waals surface area contributed by atoms with Gasteiger partial charge in [-0.3, -0.25) is 4.90 Å². The van der Waals surface area contributed by atoms with Crippen LogP contribution in [-0.2, 0) is 0 Å². The van der Waals surface area contributed by atoms with Gasteiger partial charge in [-0.1, -0.05) is 20.8 Å². The SMILES string of the molecule is CC.CCN1CCN(C)CC1C. The Morgan fingerprint density at radius 2 is 1.83 bits per heavy atom. The Kier molecular flexibility index (Phi) is 6.39. The largest absolute Gasteiger partial charge is 0.304 e. The Morgan fingerprint density at radius 1 is 1.25 bits per heavy atom. The second kappa shape index (κ2) is 6.44. The number of nitrogens with zero attached hydrogens (tertiary/aromatic N) is 2. The highest BCUT2D eigenvalue weighted by Gasteiger charge is 2.18. The number of piperazine rings is 1. The van der Waals surface area contributed by atoms with Gasteiger partial charge in [0.1, 0.15) is 0 Å². The van der Waals surface area contributed by atoms with Crippen molar-refractivity contribution in [3.8, 4) is 0 Å². The summed E-state index contributed by atoms with van der Waals surface area (Å²) in [4.78, 5) is 4.93. The van der Waals surface area contributed by atoms with E-state index in [2.05, 4.69) is 30.7 Å². The lowest BCUT2D eigenvalue weighted by Crippen LogP contribution is -2.50. The standard InChI is InChI=1S/C8H18N2.C2H6/c1-4-10-6-5-9(3)7-8(10)2;1-2/h8H,4-7H2,1-3H3;1-2H3. The van der Waals surface area contributed by atoms with Crippen molar-refractivity contribution in [2.75, 3.05) is 33.2 Å². The van der Waals surface area contributed by atoms with E-state index in [0.29, 0.717) is 0 Å². The van der Waals surface area contributed by atoms with Gasteiger partial charge in [0.15, 0.2) is 0 Å². The molecule has 74 valence electrons. The molecular formula is C10H24N2. The Hall–Kier alpha value is -0.0800. The summed E-state index contributed by atoms with van der Waals surface area (Å²) in [5, 5.41) is 0. The molecule has 0 amide bonds. The molecule has 1 unspecified atom stereocenters. The molecule has 2 heteroatoms. The van der Waals surface area contributed by atoms with Gasteiger partial charge in [-0.15, -0.1) is 0 Å². The molecule has 1 saturated heterocycles. The monoisotopic (exact) mass is 172 g/mol. The van der Waals surface area contributed by atoms with Gasteiger partial charge in [0.25, 0.3) is 0 Å². The minimum atomic E-state index is 0.753. The van der Waals surface area contributed by atoms with Crippen LogP contribution < -0.4 is 0 Å². The summed E-state index contributed by atoms with van der Waals surface area (Å²) in [6.07, 6.45) is 0. The first-order valence-corrected chi connectivity index (χ1v) is 5.16. The van der Waals surface area contributed by atoms with Crippen molar-refractivity contribution in [3.63, 3.8) is 0 Å². The third kappa shape index (κ3) is 3.55. The Morgan fingerprint density at radius 3 is 2.25 bits per heavy atom. The van der Waals surface area contributed by atoms with Crippen molar-refractivity contribution < 1.29 is 0 Å². The molecule has 0 radical (unpaired) electrons. The van der Waals surface area contributed by atoms with E-state index in [4.69, 9.17) is 0 Å². The fourth-order valence-corrected chi connectivity index (χ4v) is 1.65. The molecular weight excluding hydrogens is 148 g/mol. The number of hydrogen-bond donors (Lipinski definition) is 0. The molecule has 0 aromatic heterocycles. The molecule has 0 aliphatic carbocycles. The maximum absolute atomic E-state index is 2.53. The Balaban J connectivity index is 0.000000561. The lowest BCUT2D eigenvalue weighted by molar-refractivity contribution is 0.106. The Bertz CT molecular complexity index is 104. The number of likely N-dealkylation sites (N-methyl/N-ethyl adjacent to an activating group) is 2. The first-order valence-electron chi connectivity index (χ1n) is 5.16. The highest BCUT2D eigenvalue weighted by Crippen LogP contribution is 2.05. The summed E-state index contributed by atoms with van der Waals surface area (Å²) in [7, 11) is 2.20. The average Bonchev–Trinajstić information content (AvgIpc) is 2.08. The van der Waals surface area contributed by atoms with Crippen LogP contribution in [0.15, 0.2) is 0 Å². The van der Waals surface area contributed by atoms with Gasteiger partial charge in [-0.2, -0.15) is 0 Å². The van der Waals surface area contributed by atoms with Crippen molar-refractivity contribution in [2.24, 2.45) is 0 Å². The first kappa shape index (κ1) is 11.9. The second-order valence-corrected chi connectivity index (χ2v) is 3.24. The van der Waals surface area contributed by atoms with Crippen molar-refractivity contribution in [1.82, 2.24) is 9.80 Å². The molecule has 0 aromatic carbocycles. The second-order valence-electron chi connectivity index (χ2n) is 3.24. The number of rotatable bonds is 1. The average molecular weight is 172 g/mol. The van der Waals surface area contributed by atoms with E-state index in [-0.39, 0.29) is 0 Å². The third-order valence-electron chi connectivity index (χ3n) is 2.37. The molecule has 0 N–H and O–H groups in total. The molecule has 0 spiro atoms. The fraction of sp³-hybridized carbons (Fsp3) is 1.00. The van der Waals surface area contributed by atoms with Crippen LogP contribution in [-0.4, -0.2) is 49.1 Å². The van der Waals surface area contributed by atoms with Crippen molar-refractivity contribution in [2.45, 2.75) is 33.7 Å². The molecule has 0 aromatic rings. The predicted molar refractivity (Wildman–Crippen MR) is 55.6 cm³/mol. The van der Waals surface area contributed by atoms with E-state index in [1.807, 2.05) is 13.8 Å². The van der Waals surface area contributed by atoms with Gasteiger partial charge in [-0.25, -0.2) is 0 Å². The summed E-state index contributed by atoms with van der Waals surface area (Å²) in [6.45, 7) is 13.5. The van der Waals surface area contributed by atoms with Crippen LogP contribution in [0.5, 0.6) is 0 Å². The van der Waals surface area contributed by atoms with E-state index in [1.165, 1.54) is 26.2 Å². The highest BCUT2D eigenvalue weighted by molar-refractivity contribution is 4.75. The van der Waals surface area contributed by atoms with Gasteiger partial charge in [-0.05, 0) is 20.5 Å². The molecule has 0 bridgehead atoms. The lowest BCUT2D eigenvalue weighted by atomic mass is 10.2. The summed E-state index contributed by atoms with van der Waals surface area (Å²) in [5.41, 5.74) is 0. The zero-order chi connectivity index (χ0) is 9.56. The molecule has 2 nitrogen and oxygen atoms in total. The van der Waals surface area contributed by atoms with Gasteiger partial charge in [0.2, 0.25) is 0 Å². The van der Waals surface area contributed by atoms with Gasteiger partial charge in [0.05, 0.1) is 0 Å². The van der Waals surface area contributed by atoms with Crippen molar-refractivity contribution in [3.05, 3.63) is 0 Å². The molecule has 12 heavy (non-hydrogen) atoms. The zero-order valence-corrected chi connectivity index (χ0v) is 9.30. The van der Waals surface area contributed by atoms with Crippen LogP contribution in [0.4, 0.5) is 0 Å². The summed E-state index contributed by atoms with van der Waals surface area (Å²) >= 11 is 0. The molecule has 1 atom stereocenters. The minimum Gasteiger partial charge on any atom is -0.304 e. The summed E-state index contributed by atoms with van der Waals surface area (Å²) in [5.74, 6) is 0. The lowest BCUT2D eigenvalue weighted by Gasteiger charge is -2.37. The van der Waals surface area contributed by atoms with Gasteiger partial charge < -0.3 is 4.90 Å². The van der Waals surface area contributed by atoms with E-state index in [9.17, 15) is 0 Å². The van der Waals surface area contributed by atoms with Gasteiger partial charge >= 0.3 is 0 Å². The molecule has 1 rings (SSSR count). The van der Waals surface area contributed by atoms with E-state index in [1.54, 1.807) is 0 Å². The molecule has 1 heterocycles. The molecule has 1 fully saturated rings. The Labute approximate surface area is 77.5 Å². The topological polar surface area (TPSA) is 6.48 Å². The maximum atomic E-state index is 2.53. The van der Waals surface area contributed by atoms with Crippen molar-refractivity contribution >= 4 is 0 Å². The minimum absolute atomic E-state index is 0.753. The maximum Gasteiger partial charge on any atom is 0.0195 e. The molecule has 0 saturated carbocycles. The van der Waals surface area contributed by atoms with E-state index >= 15 is 0 Å². The van der Waals surface area contributed by atoms with Crippen LogP contribution in [0.1, 0.15) is 27.7 Å². The smallest absolute Gasteiger partial charge is 0.0195 e. The normalized spacial score (nSPS) is 26.2. The third-order valence-corrected chi connectivity index (χ3v) is 2.37. The zero-order valence-electron chi connectivity index (χ0n) is 9.30. The summed E-state index contributed by atoms with van der Waals surface area (Å²) in [6, 6.07) is 0.753. The van der Waals surface area contributed by atoms with Crippen molar-refractivity contribution in [1.29, 1.82) is 0 Å². The quantitative estimate of drug-likeness (QED) is 0.593. The van der Waals surface area contributed by atoms with E-state index in [0.717, 1.165) is 6.04 Å². The highest BCUT2D eigenvalue weighted by atomic mass is 15.3. The van der Waals surface area contributed by atoms with Crippen LogP contribution in [0.25, 0.3) is 0 Å². The van der Waals surface area contributed by atoms with E-state index < -0.39 is 0 Å². The predicted octanol–water partition coefficient (Wildman–Crippen LogP) is 1.67. The summed E-state index contributed by atoms with van der Waals surface area (Å²) < 4.78 is 0.